The van der Waals surface area contributed by atoms with Gasteiger partial charge in [0.2, 0.25) is 0 Å². The van der Waals surface area contributed by atoms with Crippen LogP contribution in [0.5, 0.6) is 0 Å². The highest BCUT2D eigenvalue weighted by molar-refractivity contribution is 5.99. The fraction of sp³-hybridized carbons (Fsp3) is 0.750. The standard InChI is InChI=1S/C20H30O2/c1-12(2)18-14-8-9-20(5)15(13(3)6-7-17(20)22)10-19(14,4)11-16(18)21/h6,14-15,17,22H,7-11H2,1-5H3. The van der Waals surface area contributed by atoms with Gasteiger partial charge in [-0.3, -0.25) is 4.79 Å². The number of hydrogen-bond donors (Lipinski definition) is 1. The Bertz CT molecular complexity index is 566. The van der Waals surface area contributed by atoms with E-state index in [1.165, 1.54) is 11.1 Å². The lowest BCUT2D eigenvalue weighted by Crippen LogP contribution is -2.42. The number of aliphatic hydroxyl groups is 1. The minimum atomic E-state index is -0.241. The molecular formula is C20H30O2. The van der Waals surface area contributed by atoms with E-state index in [-0.39, 0.29) is 16.9 Å². The van der Waals surface area contributed by atoms with E-state index < -0.39 is 0 Å². The number of carbonyl (C=O) groups is 1. The first-order chi connectivity index (χ1) is 10.2. The number of Topliss-reactive ketones (excluding diaryl/α,β-unsaturated/α-hetero) is 1. The van der Waals surface area contributed by atoms with Gasteiger partial charge in [0.05, 0.1) is 6.10 Å². The van der Waals surface area contributed by atoms with E-state index in [1.807, 2.05) is 0 Å². The number of carbonyl (C=O) groups excluding carboxylic acids is 1. The molecule has 2 heteroatoms. The minimum Gasteiger partial charge on any atom is -0.392 e. The zero-order valence-electron chi connectivity index (χ0n) is 14.7. The molecule has 122 valence electrons. The van der Waals surface area contributed by atoms with Crippen LogP contribution in [0.15, 0.2) is 22.8 Å². The van der Waals surface area contributed by atoms with Crippen LogP contribution in [0, 0.1) is 22.7 Å². The molecule has 5 atom stereocenters. The summed E-state index contributed by atoms with van der Waals surface area (Å²) in [4.78, 5) is 12.6. The number of aliphatic hydroxyl groups excluding tert-OH is 1. The van der Waals surface area contributed by atoms with E-state index in [0.717, 1.165) is 31.3 Å². The van der Waals surface area contributed by atoms with Gasteiger partial charge in [-0.2, -0.15) is 0 Å². The van der Waals surface area contributed by atoms with Gasteiger partial charge in [0.15, 0.2) is 5.78 Å². The van der Waals surface area contributed by atoms with Gasteiger partial charge >= 0.3 is 0 Å². The van der Waals surface area contributed by atoms with Crippen molar-refractivity contribution in [3.05, 3.63) is 22.8 Å². The Balaban J connectivity index is 2.05. The van der Waals surface area contributed by atoms with Gasteiger partial charge in [0, 0.05) is 11.8 Å². The first kappa shape index (κ1) is 16.0. The zero-order chi connectivity index (χ0) is 16.3. The Kier molecular flexibility index (Phi) is 3.67. The number of hydrogen-bond acceptors (Lipinski definition) is 2. The van der Waals surface area contributed by atoms with Crippen molar-refractivity contribution in [2.75, 3.05) is 0 Å². The van der Waals surface area contributed by atoms with E-state index in [2.05, 4.69) is 40.7 Å². The van der Waals surface area contributed by atoms with Crippen molar-refractivity contribution in [1.29, 1.82) is 0 Å². The van der Waals surface area contributed by atoms with Crippen LogP contribution in [0.3, 0.4) is 0 Å². The van der Waals surface area contributed by atoms with Crippen molar-refractivity contribution < 1.29 is 9.90 Å². The number of allylic oxidation sites excluding steroid dienone is 3. The molecule has 5 unspecified atom stereocenters. The first-order valence-corrected chi connectivity index (χ1v) is 8.74. The molecule has 0 amide bonds. The minimum absolute atomic E-state index is 0.0258. The molecule has 0 spiro atoms. The van der Waals surface area contributed by atoms with Crippen molar-refractivity contribution in [3.63, 3.8) is 0 Å². The van der Waals surface area contributed by atoms with Crippen LogP contribution in [0.25, 0.3) is 0 Å². The van der Waals surface area contributed by atoms with Crippen LogP contribution < -0.4 is 0 Å². The molecule has 0 saturated heterocycles. The van der Waals surface area contributed by atoms with Crippen molar-refractivity contribution in [3.8, 4) is 0 Å². The third-order valence-electron chi connectivity index (χ3n) is 7.01. The van der Waals surface area contributed by atoms with Crippen molar-refractivity contribution >= 4 is 5.78 Å². The van der Waals surface area contributed by atoms with Crippen molar-refractivity contribution in [1.82, 2.24) is 0 Å². The molecule has 0 radical (unpaired) electrons. The summed E-state index contributed by atoms with van der Waals surface area (Å²) in [7, 11) is 0. The molecule has 0 aromatic heterocycles. The SMILES string of the molecule is CC1=CCC(O)C2(C)CCC3C(=C(C)C)C(=O)CC3(C)CC12. The van der Waals surface area contributed by atoms with Gasteiger partial charge in [0.25, 0.3) is 0 Å². The second-order valence-corrected chi connectivity index (χ2v) is 8.72. The van der Waals surface area contributed by atoms with Crippen LogP contribution in [0.2, 0.25) is 0 Å². The van der Waals surface area contributed by atoms with Gasteiger partial charge in [-0.15, -0.1) is 0 Å². The fourth-order valence-corrected chi connectivity index (χ4v) is 5.58. The quantitative estimate of drug-likeness (QED) is 0.531. The summed E-state index contributed by atoms with van der Waals surface area (Å²) in [6.07, 6.45) is 6.56. The molecule has 1 N–H and O–H groups in total. The van der Waals surface area contributed by atoms with Crippen LogP contribution in [-0.4, -0.2) is 17.0 Å². The summed E-state index contributed by atoms with van der Waals surface area (Å²) in [5, 5.41) is 10.7. The predicted molar refractivity (Wildman–Crippen MR) is 89.4 cm³/mol. The molecule has 0 aromatic rings. The first-order valence-electron chi connectivity index (χ1n) is 8.74. The van der Waals surface area contributed by atoms with Gasteiger partial charge in [-0.05, 0) is 69.3 Å². The molecule has 0 aliphatic heterocycles. The molecular weight excluding hydrogens is 272 g/mol. The van der Waals surface area contributed by atoms with Crippen LogP contribution in [0.1, 0.15) is 66.7 Å². The maximum atomic E-state index is 12.6. The molecule has 2 fully saturated rings. The van der Waals surface area contributed by atoms with Gasteiger partial charge in [-0.25, -0.2) is 0 Å². The third-order valence-corrected chi connectivity index (χ3v) is 7.01. The Morgan fingerprint density at radius 2 is 1.95 bits per heavy atom. The summed E-state index contributed by atoms with van der Waals surface area (Å²) in [6, 6.07) is 0. The molecule has 22 heavy (non-hydrogen) atoms. The van der Waals surface area contributed by atoms with Crippen LogP contribution in [-0.2, 0) is 4.79 Å². The Morgan fingerprint density at radius 3 is 2.59 bits per heavy atom. The number of rotatable bonds is 0. The number of ketones is 1. The highest BCUT2D eigenvalue weighted by atomic mass is 16.3. The lowest BCUT2D eigenvalue weighted by atomic mass is 9.61. The maximum Gasteiger partial charge on any atom is 0.159 e. The zero-order valence-corrected chi connectivity index (χ0v) is 14.7. The largest absolute Gasteiger partial charge is 0.392 e. The monoisotopic (exact) mass is 302 g/mol. The Labute approximate surface area is 134 Å². The Morgan fingerprint density at radius 1 is 1.27 bits per heavy atom. The summed E-state index contributed by atoms with van der Waals surface area (Å²) >= 11 is 0. The molecule has 3 aliphatic carbocycles. The van der Waals surface area contributed by atoms with E-state index in [4.69, 9.17) is 0 Å². The molecule has 3 rings (SSSR count). The van der Waals surface area contributed by atoms with Gasteiger partial charge in [0.1, 0.15) is 0 Å². The fourth-order valence-electron chi connectivity index (χ4n) is 5.58. The maximum absolute atomic E-state index is 12.6. The van der Waals surface area contributed by atoms with E-state index in [0.29, 0.717) is 24.0 Å². The smallest absolute Gasteiger partial charge is 0.159 e. The molecule has 0 heterocycles. The molecule has 3 aliphatic rings. The molecule has 0 aromatic carbocycles. The van der Waals surface area contributed by atoms with E-state index in [1.54, 1.807) is 0 Å². The number of fused-ring (bicyclic) bond motifs is 2. The molecule has 0 bridgehead atoms. The summed E-state index contributed by atoms with van der Waals surface area (Å²) in [5.41, 5.74) is 3.76. The van der Waals surface area contributed by atoms with E-state index in [9.17, 15) is 9.90 Å². The predicted octanol–water partition coefficient (Wildman–Crippen LogP) is 4.44. The second kappa shape index (κ2) is 5.06. The van der Waals surface area contributed by atoms with Crippen LogP contribution >= 0.6 is 0 Å². The average Bonchev–Trinajstić information content (AvgIpc) is 2.61. The molecule has 2 saturated carbocycles. The van der Waals surface area contributed by atoms with E-state index >= 15 is 0 Å². The average molecular weight is 302 g/mol. The van der Waals surface area contributed by atoms with Crippen LogP contribution in [0.4, 0.5) is 0 Å². The highest BCUT2D eigenvalue weighted by Crippen LogP contribution is 2.60. The highest BCUT2D eigenvalue weighted by Gasteiger charge is 2.55. The summed E-state index contributed by atoms with van der Waals surface area (Å²) in [5.74, 6) is 1.16. The van der Waals surface area contributed by atoms with Gasteiger partial charge < -0.3 is 5.11 Å². The van der Waals surface area contributed by atoms with Gasteiger partial charge in [-0.1, -0.05) is 31.1 Å². The topological polar surface area (TPSA) is 37.3 Å². The lowest BCUT2D eigenvalue weighted by molar-refractivity contribution is -0.115. The summed E-state index contributed by atoms with van der Waals surface area (Å²) < 4.78 is 0. The summed E-state index contributed by atoms with van der Waals surface area (Å²) in [6.45, 7) is 11.0. The second-order valence-electron chi connectivity index (χ2n) is 8.72. The molecule has 2 nitrogen and oxygen atoms in total. The lowest BCUT2D eigenvalue weighted by Gasteiger charge is -2.45. The van der Waals surface area contributed by atoms with Crippen molar-refractivity contribution in [2.45, 2.75) is 72.8 Å². The normalized spacial score (nSPS) is 45.0. The van der Waals surface area contributed by atoms with Crippen molar-refractivity contribution in [2.24, 2.45) is 22.7 Å². The Hall–Kier alpha value is -0.890. The third kappa shape index (κ3) is 2.14.